The first-order valence-electron chi connectivity index (χ1n) is 8.64. The molecule has 3 rings (SSSR count). The van der Waals surface area contributed by atoms with Crippen LogP contribution in [0.4, 0.5) is 0 Å². The van der Waals surface area contributed by atoms with E-state index in [-0.39, 0.29) is 5.92 Å². The van der Waals surface area contributed by atoms with Crippen molar-refractivity contribution in [2.45, 2.75) is 31.5 Å². The van der Waals surface area contributed by atoms with E-state index in [0.29, 0.717) is 30.4 Å². The molecule has 1 aliphatic carbocycles. The number of hydrogen-bond donors (Lipinski definition) is 0. The molecule has 0 bridgehead atoms. The molecule has 5 nitrogen and oxygen atoms in total. The minimum Gasteiger partial charge on any atom is -0.455 e. The van der Waals surface area contributed by atoms with E-state index in [1.807, 2.05) is 12.1 Å². The van der Waals surface area contributed by atoms with Gasteiger partial charge in [0.05, 0.1) is 11.1 Å². The highest BCUT2D eigenvalue weighted by Gasteiger charge is 2.36. The number of hydrogen-bond acceptors (Lipinski definition) is 5. The Hall–Kier alpha value is -2.95. The van der Waals surface area contributed by atoms with E-state index in [1.165, 1.54) is 0 Å². The SMILES string of the molecule is O=CC1CC[C@H](OC(=O)c2ccccc2)[C@@H](OC(=O)c2ccccc2)C1. The highest BCUT2D eigenvalue weighted by Crippen LogP contribution is 2.29. The molecule has 0 spiro atoms. The van der Waals surface area contributed by atoms with Gasteiger partial charge < -0.3 is 14.3 Å². The van der Waals surface area contributed by atoms with Gasteiger partial charge in [0.25, 0.3) is 0 Å². The van der Waals surface area contributed by atoms with Crippen LogP contribution in [-0.2, 0) is 14.3 Å². The molecule has 1 saturated carbocycles. The average molecular weight is 352 g/mol. The number of ether oxygens (including phenoxy) is 2. The predicted octanol–water partition coefficient (Wildman–Crippen LogP) is 3.44. The molecular formula is C21H20O5. The van der Waals surface area contributed by atoms with Crippen LogP contribution >= 0.6 is 0 Å². The van der Waals surface area contributed by atoms with E-state index in [2.05, 4.69) is 0 Å². The van der Waals surface area contributed by atoms with Crippen LogP contribution in [0.2, 0.25) is 0 Å². The fraction of sp³-hybridized carbons (Fsp3) is 0.286. The second-order valence-electron chi connectivity index (χ2n) is 6.33. The molecule has 0 amide bonds. The van der Waals surface area contributed by atoms with Gasteiger partial charge in [0.2, 0.25) is 0 Å². The Kier molecular flexibility index (Phi) is 5.79. The summed E-state index contributed by atoms with van der Waals surface area (Å²) in [7, 11) is 0. The van der Waals surface area contributed by atoms with E-state index in [9.17, 15) is 14.4 Å². The summed E-state index contributed by atoms with van der Waals surface area (Å²) in [6, 6.07) is 17.3. The normalized spacial score (nSPS) is 22.2. The van der Waals surface area contributed by atoms with Crippen LogP contribution in [0.3, 0.4) is 0 Å². The molecule has 5 heteroatoms. The second kappa shape index (κ2) is 8.43. The van der Waals surface area contributed by atoms with Crippen LogP contribution in [0.25, 0.3) is 0 Å². The lowest BCUT2D eigenvalue weighted by Crippen LogP contribution is -2.40. The van der Waals surface area contributed by atoms with Gasteiger partial charge in [-0.1, -0.05) is 36.4 Å². The third kappa shape index (κ3) is 4.36. The lowest BCUT2D eigenvalue weighted by molar-refractivity contribution is -0.116. The Morgan fingerprint density at radius 1 is 0.769 bits per heavy atom. The van der Waals surface area contributed by atoms with Crippen LogP contribution in [0.5, 0.6) is 0 Å². The molecule has 1 fully saturated rings. The van der Waals surface area contributed by atoms with Crippen LogP contribution in [0.15, 0.2) is 60.7 Å². The van der Waals surface area contributed by atoms with Crippen LogP contribution < -0.4 is 0 Å². The molecule has 0 saturated heterocycles. The molecule has 0 heterocycles. The van der Waals surface area contributed by atoms with Gasteiger partial charge in [-0.05, 0) is 43.5 Å². The van der Waals surface area contributed by atoms with Crippen LogP contribution in [-0.4, -0.2) is 30.4 Å². The van der Waals surface area contributed by atoms with Gasteiger partial charge in [-0.3, -0.25) is 0 Å². The van der Waals surface area contributed by atoms with Gasteiger partial charge >= 0.3 is 11.9 Å². The monoisotopic (exact) mass is 352 g/mol. The molecular weight excluding hydrogens is 332 g/mol. The highest BCUT2D eigenvalue weighted by atomic mass is 16.6. The smallest absolute Gasteiger partial charge is 0.338 e. The van der Waals surface area contributed by atoms with Crippen molar-refractivity contribution in [1.82, 2.24) is 0 Å². The first-order valence-corrected chi connectivity index (χ1v) is 8.64. The Labute approximate surface area is 151 Å². The van der Waals surface area contributed by atoms with Gasteiger partial charge in [0.1, 0.15) is 18.5 Å². The fourth-order valence-electron chi connectivity index (χ4n) is 3.07. The van der Waals surface area contributed by atoms with Crippen molar-refractivity contribution in [3.8, 4) is 0 Å². The molecule has 0 radical (unpaired) electrons. The lowest BCUT2D eigenvalue weighted by Gasteiger charge is -2.33. The summed E-state index contributed by atoms with van der Waals surface area (Å²) >= 11 is 0. The summed E-state index contributed by atoms with van der Waals surface area (Å²) in [5, 5.41) is 0. The summed E-state index contributed by atoms with van der Waals surface area (Å²) in [5.74, 6) is -1.14. The van der Waals surface area contributed by atoms with Crippen molar-refractivity contribution in [2.24, 2.45) is 5.92 Å². The number of carbonyl (C=O) groups is 3. The largest absolute Gasteiger partial charge is 0.455 e. The van der Waals surface area contributed by atoms with Gasteiger partial charge in [-0.15, -0.1) is 0 Å². The number of benzene rings is 2. The van der Waals surface area contributed by atoms with Crippen molar-refractivity contribution < 1.29 is 23.9 Å². The zero-order valence-electron chi connectivity index (χ0n) is 14.2. The molecule has 26 heavy (non-hydrogen) atoms. The second-order valence-corrected chi connectivity index (χ2v) is 6.33. The maximum Gasteiger partial charge on any atom is 0.338 e. The van der Waals surface area contributed by atoms with Gasteiger partial charge in [0.15, 0.2) is 0 Å². The number of esters is 2. The molecule has 1 aliphatic rings. The Morgan fingerprint density at radius 3 is 1.77 bits per heavy atom. The fourth-order valence-corrected chi connectivity index (χ4v) is 3.07. The third-order valence-corrected chi connectivity index (χ3v) is 4.50. The van der Waals surface area contributed by atoms with E-state index in [1.54, 1.807) is 48.5 Å². The maximum absolute atomic E-state index is 12.4. The van der Waals surface area contributed by atoms with Crippen molar-refractivity contribution in [2.75, 3.05) is 0 Å². The topological polar surface area (TPSA) is 69.7 Å². The molecule has 0 aromatic heterocycles. The standard InChI is InChI=1S/C21H20O5/c22-14-15-11-12-18(25-20(23)16-7-3-1-4-8-16)19(13-15)26-21(24)17-9-5-2-6-10-17/h1-10,14-15,18-19H,11-13H2/t15?,18-,19-/m0/s1. The van der Waals surface area contributed by atoms with Crippen molar-refractivity contribution in [3.05, 3.63) is 71.8 Å². The number of aldehydes is 1. The van der Waals surface area contributed by atoms with Crippen LogP contribution in [0.1, 0.15) is 40.0 Å². The van der Waals surface area contributed by atoms with E-state index >= 15 is 0 Å². The Balaban J connectivity index is 1.71. The van der Waals surface area contributed by atoms with E-state index in [0.717, 1.165) is 6.29 Å². The minimum absolute atomic E-state index is 0.199. The lowest BCUT2D eigenvalue weighted by atomic mass is 9.86. The summed E-state index contributed by atoms with van der Waals surface area (Å²) in [6.07, 6.45) is 1.11. The molecule has 0 aliphatic heterocycles. The quantitative estimate of drug-likeness (QED) is 0.609. The molecule has 134 valence electrons. The summed E-state index contributed by atoms with van der Waals surface area (Å²) in [6.45, 7) is 0. The van der Waals surface area contributed by atoms with E-state index < -0.39 is 24.1 Å². The number of carbonyl (C=O) groups excluding carboxylic acids is 3. The summed E-state index contributed by atoms with van der Waals surface area (Å²) in [4.78, 5) is 35.9. The Bertz CT molecular complexity index is 756. The first kappa shape index (κ1) is 17.9. The maximum atomic E-state index is 12.4. The van der Waals surface area contributed by atoms with Crippen molar-refractivity contribution in [3.63, 3.8) is 0 Å². The highest BCUT2D eigenvalue weighted by molar-refractivity contribution is 5.90. The third-order valence-electron chi connectivity index (χ3n) is 4.50. The van der Waals surface area contributed by atoms with Crippen molar-refractivity contribution in [1.29, 1.82) is 0 Å². The predicted molar refractivity (Wildman–Crippen MR) is 94.7 cm³/mol. The first-order chi connectivity index (χ1) is 12.7. The summed E-state index contributed by atoms with van der Waals surface area (Å²) < 4.78 is 11.2. The Morgan fingerprint density at radius 2 is 1.27 bits per heavy atom. The minimum atomic E-state index is -0.640. The van der Waals surface area contributed by atoms with Gasteiger partial charge in [-0.2, -0.15) is 0 Å². The molecule has 3 atom stereocenters. The van der Waals surface area contributed by atoms with Crippen LogP contribution in [0, 0.1) is 5.92 Å². The molecule has 2 aromatic carbocycles. The molecule has 1 unspecified atom stereocenters. The molecule has 2 aromatic rings. The van der Waals surface area contributed by atoms with Crippen molar-refractivity contribution >= 4 is 18.2 Å². The van der Waals surface area contributed by atoms with E-state index in [4.69, 9.17) is 9.47 Å². The van der Waals surface area contributed by atoms with Gasteiger partial charge in [0, 0.05) is 5.92 Å². The zero-order valence-corrected chi connectivity index (χ0v) is 14.2. The summed E-state index contributed by atoms with van der Waals surface area (Å²) in [5.41, 5.74) is 0.868. The molecule has 0 N–H and O–H groups in total. The van der Waals surface area contributed by atoms with Gasteiger partial charge in [-0.25, -0.2) is 9.59 Å². The zero-order chi connectivity index (χ0) is 18.4. The average Bonchev–Trinajstić information content (AvgIpc) is 2.70. The number of rotatable bonds is 5.